The first-order valence-electron chi connectivity index (χ1n) is 6.66. The molecule has 0 aliphatic heterocycles. The first-order valence-corrected chi connectivity index (χ1v) is 8.14. The zero-order valence-corrected chi connectivity index (χ0v) is 14.1. The number of rotatable bonds is 2. The number of alkyl halides is 6. The van der Waals surface area contributed by atoms with Crippen molar-refractivity contribution >= 4 is 15.9 Å². The zero-order chi connectivity index (χ0) is 19.8. The Balaban J connectivity index is 3.70. The standard InChI is InChI=1S/C15H13F6NO2S/c1-13(2,3)25(23,24)12(8-22)6-9-4-10(14(16,17)18)7-11(5-9)15(19,20)21/h4-7H,1-3H3. The predicted octanol–water partition coefficient (Wildman–Crippen LogP) is 4.80. The van der Waals surface area contributed by atoms with Gasteiger partial charge in [-0.25, -0.2) is 8.42 Å². The van der Waals surface area contributed by atoms with E-state index in [0.29, 0.717) is 18.2 Å². The molecule has 0 saturated carbocycles. The van der Waals surface area contributed by atoms with E-state index in [1.165, 1.54) is 26.8 Å². The van der Waals surface area contributed by atoms with Gasteiger partial charge in [-0.3, -0.25) is 0 Å². The van der Waals surface area contributed by atoms with Gasteiger partial charge >= 0.3 is 12.4 Å². The first kappa shape index (κ1) is 21.0. The lowest BCUT2D eigenvalue weighted by Gasteiger charge is -2.18. The second-order valence-electron chi connectivity index (χ2n) is 6.08. The van der Waals surface area contributed by atoms with Crippen molar-refractivity contribution in [2.24, 2.45) is 0 Å². The summed E-state index contributed by atoms with van der Waals surface area (Å²) >= 11 is 0. The Morgan fingerprint density at radius 2 is 1.36 bits per heavy atom. The fourth-order valence-corrected chi connectivity index (χ4v) is 2.78. The molecule has 0 aliphatic carbocycles. The molecule has 25 heavy (non-hydrogen) atoms. The lowest BCUT2D eigenvalue weighted by Crippen LogP contribution is -2.28. The molecule has 0 saturated heterocycles. The highest BCUT2D eigenvalue weighted by Crippen LogP contribution is 2.37. The number of hydrogen-bond acceptors (Lipinski definition) is 3. The SMILES string of the molecule is CC(C)(C)S(=O)(=O)C(C#N)=Cc1cc(C(F)(F)F)cc(C(F)(F)F)c1. The lowest BCUT2D eigenvalue weighted by atomic mass is 10.0. The molecule has 0 N–H and O–H groups in total. The Bertz CT molecular complexity index is 804. The van der Waals surface area contributed by atoms with Crippen LogP contribution in [0.2, 0.25) is 0 Å². The molecule has 0 aliphatic rings. The van der Waals surface area contributed by atoms with E-state index >= 15 is 0 Å². The molecule has 0 atom stereocenters. The van der Waals surface area contributed by atoms with Gasteiger partial charge in [0.05, 0.1) is 15.9 Å². The molecule has 0 aromatic heterocycles. The number of nitrogens with zero attached hydrogens (tertiary/aromatic N) is 1. The maximum Gasteiger partial charge on any atom is 0.416 e. The van der Waals surface area contributed by atoms with Crippen LogP contribution < -0.4 is 0 Å². The Hall–Kier alpha value is -2.02. The molecule has 10 heteroatoms. The van der Waals surface area contributed by atoms with Gasteiger partial charge in [-0.15, -0.1) is 0 Å². The number of sulfone groups is 1. The van der Waals surface area contributed by atoms with Crippen LogP contribution in [-0.2, 0) is 22.2 Å². The highest BCUT2D eigenvalue weighted by atomic mass is 32.2. The van der Waals surface area contributed by atoms with E-state index in [1.54, 1.807) is 0 Å². The van der Waals surface area contributed by atoms with Crippen LogP contribution in [-0.4, -0.2) is 13.2 Å². The number of halogens is 6. The Morgan fingerprint density at radius 3 is 1.64 bits per heavy atom. The fraction of sp³-hybridized carbons (Fsp3) is 0.400. The van der Waals surface area contributed by atoms with Crippen molar-refractivity contribution in [1.29, 1.82) is 5.26 Å². The largest absolute Gasteiger partial charge is 0.416 e. The maximum absolute atomic E-state index is 12.8. The number of allylic oxidation sites excluding steroid dienone is 1. The van der Waals surface area contributed by atoms with Crippen LogP contribution in [0.4, 0.5) is 26.3 Å². The van der Waals surface area contributed by atoms with Gasteiger partial charge < -0.3 is 0 Å². The summed E-state index contributed by atoms with van der Waals surface area (Å²) in [5.74, 6) is 0. The van der Waals surface area contributed by atoms with Gasteiger partial charge in [0.25, 0.3) is 0 Å². The van der Waals surface area contributed by atoms with Crippen molar-refractivity contribution in [3.63, 3.8) is 0 Å². The van der Waals surface area contributed by atoms with E-state index in [1.807, 2.05) is 0 Å². The second kappa shape index (κ2) is 6.37. The second-order valence-corrected chi connectivity index (χ2v) is 8.75. The van der Waals surface area contributed by atoms with Crippen molar-refractivity contribution in [1.82, 2.24) is 0 Å². The van der Waals surface area contributed by atoms with E-state index < -0.39 is 48.5 Å². The highest BCUT2D eigenvalue weighted by molar-refractivity contribution is 7.97. The van der Waals surface area contributed by atoms with Crippen LogP contribution >= 0.6 is 0 Å². The minimum Gasteiger partial charge on any atom is -0.222 e. The third kappa shape index (κ3) is 4.75. The van der Waals surface area contributed by atoms with Gasteiger partial charge in [-0.05, 0) is 50.6 Å². The molecule has 1 aromatic carbocycles. The summed E-state index contributed by atoms with van der Waals surface area (Å²) in [5.41, 5.74) is -3.88. The molecule has 0 radical (unpaired) electrons. The molecule has 0 bridgehead atoms. The molecule has 0 amide bonds. The van der Waals surface area contributed by atoms with Crippen molar-refractivity contribution < 1.29 is 34.8 Å². The van der Waals surface area contributed by atoms with Crippen LogP contribution in [0.25, 0.3) is 6.08 Å². The summed E-state index contributed by atoms with van der Waals surface area (Å²) < 4.78 is 99.8. The summed E-state index contributed by atoms with van der Waals surface area (Å²) in [7, 11) is -4.25. The molecule has 1 rings (SSSR count). The number of nitriles is 1. The van der Waals surface area contributed by atoms with Gasteiger partial charge in [0.1, 0.15) is 11.0 Å². The van der Waals surface area contributed by atoms with Gasteiger partial charge in [0.15, 0.2) is 9.84 Å². The molecular formula is C15H13F6NO2S. The number of hydrogen-bond donors (Lipinski definition) is 0. The zero-order valence-electron chi connectivity index (χ0n) is 13.2. The van der Waals surface area contributed by atoms with E-state index in [0.717, 1.165) is 0 Å². The van der Waals surface area contributed by atoms with Crippen molar-refractivity contribution in [3.8, 4) is 6.07 Å². The van der Waals surface area contributed by atoms with Crippen LogP contribution in [0, 0.1) is 11.3 Å². The molecule has 1 aromatic rings. The van der Waals surface area contributed by atoms with Crippen LogP contribution in [0.5, 0.6) is 0 Å². The monoisotopic (exact) mass is 385 g/mol. The van der Waals surface area contributed by atoms with Crippen molar-refractivity contribution in [2.45, 2.75) is 37.9 Å². The molecule has 0 fully saturated rings. The van der Waals surface area contributed by atoms with Gasteiger partial charge in [-0.1, -0.05) is 0 Å². The summed E-state index contributed by atoms with van der Waals surface area (Å²) in [6.45, 7) is 3.75. The Morgan fingerprint density at radius 1 is 0.960 bits per heavy atom. The molecular weight excluding hydrogens is 372 g/mol. The quantitative estimate of drug-likeness (QED) is 0.543. The van der Waals surface area contributed by atoms with Crippen LogP contribution in [0.15, 0.2) is 23.1 Å². The minimum atomic E-state index is -5.07. The number of benzene rings is 1. The van der Waals surface area contributed by atoms with Crippen LogP contribution in [0.3, 0.4) is 0 Å². The van der Waals surface area contributed by atoms with E-state index in [2.05, 4.69) is 0 Å². The lowest BCUT2D eigenvalue weighted by molar-refractivity contribution is -0.143. The predicted molar refractivity (Wildman–Crippen MR) is 78.7 cm³/mol. The summed E-state index contributed by atoms with van der Waals surface area (Å²) in [4.78, 5) is -0.924. The van der Waals surface area contributed by atoms with Crippen LogP contribution in [0.1, 0.15) is 37.5 Å². The summed E-state index contributed by atoms with van der Waals surface area (Å²) in [5, 5.41) is 9.00. The smallest absolute Gasteiger partial charge is 0.222 e. The summed E-state index contributed by atoms with van der Waals surface area (Å²) in [6.07, 6.45) is -9.63. The fourth-order valence-electron chi connectivity index (χ4n) is 1.71. The molecule has 0 unspecified atom stereocenters. The van der Waals surface area contributed by atoms with Gasteiger partial charge in [-0.2, -0.15) is 31.6 Å². The topological polar surface area (TPSA) is 57.9 Å². The first-order chi connectivity index (χ1) is 11.0. The molecule has 0 spiro atoms. The van der Waals surface area contributed by atoms with Crippen molar-refractivity contribution in [3.05, 3.63) is 39.8 Å². The third-order valence-corrected chi connectivity index (χ3v) is 5.51. The van der Waals surface area contributed by atoms with Gasteiger partial charge in [0, 0.05) is 0 Å². The summed E-state index contributed by atoms with van der Waals surface area (Å²) in [6, 6.07) is 1.95. The van der Waals surface area contributed by atoms with E-state index in [-0.39, 0.29) is 6.07 Å². The van der Waals surface area contributed by atoms with E-state index in [4.69, 9.17) is 5.26 Å². The maximum atomic E-state index is 12.8. The Labute approximate surface area is 140 Å². The average Bonchev–Trinajstić information content (AvgIpc) is 2.41. The highest BCUT2D eigenvalue weighted by Gasteiger charge is 2.37. The normalized spacial score (nSPS) is 14.3. The molecule has 138 valence electrons. The molecule has 0 heterocycles. The average molecular weight is 385 g/mol. The third-order valence-electron chi connectivity index (χ3n) is 3.11. The van der Waals surface area contributed by atoms with Crippen molar-refractivity contribution in [2.75, 3.05) is 0 Å². The minimum absolute atomic E-state index is 0.0817. The Kier molecular flexibility index (Phi) is 5.35. The van der Waals surface area contributed by atoms with Gasteiger partial charge in [0.2, 0.25) is 0 Å². The molecule has 3 nitrogen and oxygen atoms in total. The van der Waals surface area contributed by atoms with E-state index in [9.17, 15) is 34.8 Å².